The van der Waals surface area contributed by atoms with Crippen LogP contribution in [0.5, 0.6) is 0 Å². The lowest BCUT2D eigenvalue weighted by atomic mass is 9.98. The normalized spacial score (nSPS) is 13.7. The number of hydrogen-bond donors (Lipinski definition) is 3. The van der Waals surface area contributed by atoms with Gasteiger partial charge in [0.2, 0.25) is 0 Å². The second-order valence-electron chi connectivity index (χ2n) is 8.23. The van der Waals surface area contributed by atoms with Gasteiger partial charge in [-0.2, -0.15) is 0 Å². The molecule has 0 heterocycles. The Morgan fingerprint density at radius 3 is 2.10 bits per heavy atom. The van der Waals surface area contributed by atoms with Gasteiger partial charge in [0.25, 0.3) is 0 Å². The molecule has 0 unspecified atom stereocenters. The molecule has 0 saturated heterocycles. The van der Waals surface area contributed by atoms with Crippen molar-refractivity contribution < 1.29 is 24.2 Å². The molecule has 30 heavy (non-hydrogen) atoms. The molecule has 2 aromatic carbocycles. The number of hydrogen-bond acceptors (Lipinski definition) is 5. The van der Waals surface area contributed by atoms with E-state index in [2.05, 4.69) is 22.8 Å². The Kier molecular flexibility index (Phi) is 6.62. The lowest BCUT2D eigenvalue weighted by molar-refractivity contribution is 0.0480. The highest BCUT2D eigenvalue weighted by molar-refractivity contribution is 5.79. The molecule has 0 bridgehead atoms. The Morgan fingerprint density at radius 2 is 1.57 bits per heavy atom. The largest absolute Gasteiger partial charge is 0.449 e. The highest BCUT2D eigenvalue weighted by Gasteiger charge is 2.29. The van der Waals surface area contributed by atoms with E-state index in [1.807, 2.05) is 36.4 Å². The van der Waals surface area contributed by atoms with Gasteiger partial charge in [-0.1, -0.05) is 48.5 Å². The molecule has 3 rings (SSSR count). The molecule has 2 aromatic rings. The molecule has 2 amide bonds. The number of benzene rings is 2. The zero-order chi connectivity index (χ0) is 21.7. The van der Waals surface area contributed by atoms with Crippen LogP contribution in [0.2, 0.25) is 0 Å². The topological polar surface area (TPSA) is 96.9 Å². The van der Waals surface area contributed by atoms with Crippen molar-refractivity contribution in [3.8, 4) is 11.1 Å². The van der Waals surface area contributed by atoms with Crippen molar-refractivity contribution in [2.24, 2.45) is 0 Å². The monoisotopic (exact) mass is 412 g/mol. The number of aliphatic hydroxyl groups is 1. The van der Waals surface area contributed by atoms with E-state index in [1.54, 1.807) is 20.8 Å². The molecule has 7 heteroatoms. The van der Waals surface area contributed by atoms with Gasteiger partial charge >= 0.3 is 12.2 Å². The van der Waals surface area contributed by atoms with E-state index in [0.29, 0.717) is 0 Å². The van der Waals surface area contributed by atoms with E-state index in [0.717, 1.165) is 22.3 Å². The van der Waals surface area contributed by atoms with Crippen LogP contribution in [0.1, 0.15) is 37.8 Å². The molecular formula is C23H28N2O5. The minimum atomic E-state index is -0.680. The number of carbonyl (C=O) groups is 2. The molecule has 0 aliphatic heterocycles. The number of nitrogens with one attached hydrogen (secondary N) is 2. The van der Waals surface area contributed by atoms with Gasteiger partial charge in [0.15, 0.2) is 0 Å². The summed E-state index contributed by atoms with van der Waals surface area (Å²) >= 11 is 0. The fourth-order valence-corrected chi connectivity index (χ4v) is 3.49. The fraction of sp³-hybridized carbons (Fsp3) is 0.391. The zero-order valence-corrected chi connectivity index (χ0v) is 17.5. The third-order valence-electron chi connectivity index (χ3n) is 4.78. The quantitative estimate of drug-likeness (QED) is 0.676. The Morgan fingerprint density at radius 1 is 1.00 bits per heavy atom. The second kappa shape index (κ2) is 9.17. The minimum Gasteiger partial charge on any atom is -0.449 e. The van der Waals surface area contributed by atoms with Crippen molar-refractivity contribution in [2.45, 2.75) is 38.3 Å². The summed E-state index contributed by atoms with van der Waals surface area (Å²) < 4.78 is 10.6. The van der Waals surface area contributed by atoms with E-state index < -0.39 is 23.8 Å². The summed E-state index contributed by atoms with van der Waals surface area (Å²) in [6.07, 6.45) is -1.27. The number of fused-ring (bicyclic) bond motifs is 3. The minimum absolute atomic E-state index is 0.0203. The summed E-state index contributed by atoms with van der Waals surface area (Å²) in [5.41, 5.74) is 3.93. The molecule has 7 nitrogen and oxygen atoms in total. The first kappa shape index (κ1) is 21.6. The summed E-state index contributed by atoms with van der Waals surface area (Å²) in [7, 11) is 0. The number of ether oxygens (including phenoxy) is 2. The standard InChI is InChI=1S/C23H28N2O5/c1-23(2,3)30-22(28)25-15(13-26)12-24-21(27)29-14-20-18-10-6-4-8-16(18)17-9-5-7-11-19(17)20/h4-11,15,20,26H,12-14H2,1-3H3,(H,24,27)(H,25,28)/t15-/m0/s1. The maximum atomic E-state index is 12.2. The predicted molar refractivity (Wildman–Crippen MR) is 113 cm³/mol. The average molecular weight is 412 g/mol. The Bertz CT molecular complexity index is 861. The van der Waals surface area contributed by atoms with E-state index in [4.69, 9.17) is 9.47 Å². The first-order chi connectivity index (χ1) is 14.3. The molecule has 0 saturated carbocycles. The summed E-state index contributed by atoms with van der Waals surface area (Å²) in [6.45, 7) is 5.11. The molecule has 0 fully saturated rings. The molecule has 0 radical (unpaired) electrons. The van der Waals surface area contributed by atoms with Gasteiger partial charge in [-0.3, -0.25) is 0 Å². The summed E-state index contributed by atoms with van der Waals surface area (Å²) in [5.74, 6) is -0.0309. The van der Waals surface area contributed by atoms with Crippen molar-refractivity contribution in [2.75, 3.05) is 19.8 Å². The SMILES string of the molecule is CC(C)(C)OC(=O)N[C@H](CO)CNC(=O)OCC1c2ccccc2-c2ccccc21. The number of rotatable bonds is 6. The number of amides is 2. The number of alkyl carbamates (subject to hydrolysis) is 2. The fourth-order valence-electron chi connectivity index (χ4n) is 3.49. The van der Waals surface area contributed by atoms with Gasteiger partial charge in [-0.25, -0.2) is 9.59 Å². The van der Waals surface area contributed by atoms with Crippen LogP contribution in [0.25, 0.3) is 11.1 Å². The molecule has 1 aliphatic carbocycles. The van der Waals surface area contributed by atoms with Crippen molar-refractivity contribution in [3.63, 3.8) is 0 Å². The lowest BCUT2D eigenvalue weighted by Crippen LogP contribution is -2.47. The van der Waals surface area contributed by atoms with Gasteiger partial charge in [-0.05, 0) is 43.0 Å². The van der Waals surface area contributed by atoms with Crippen molar-refractivity contribution in [1.29, 1.82) is 0 Å². The van der Waals surface area contributed by atoms with Crippen LogP contribution in [-0.4, -0.2) is 48.7 Å². The van der Waals surface area contributed by atoms with Gasteiger partial charge < -0.3 is 25.2 Å². The molecule has 1 atom stereocenters. The molecule has 0 spiro atoms. The Balaban J connectivity index is 1.53. The van der Waals surface area contributed by atoms with Crippen LogP contribution < -0.4 is 10.6 Å². The van der Waals surface area contributed by atoms with Gasteiger partial charge in [0.1, 0.15) is 12.2 Å². The Labute approximate surface area is 176 Å². The van der Waals surface area contributed by atoms with Gasteiger partial charge in [0.05, 0.1) is 12.6 Å². The molecule has 1 aliphatic rings. The van der Waals surface area contributed by atoms with Crippen LogP contribution in [-0.2, 0) is 9.47 Å². The summed E-state index contributed by atoms with van der Waals surface area (Å²) in [6, 6.07) is 15.5. The Hall–Kier alpha value is -3.06. The van der Waals surface area contributed by atoms with E-state index in [9.17, 15) is 14.7 Å². The first-order valence-electron chi connectivity index (χ1n) is 9.97. The zero-order valence-electron chi connectivity index (χ0n) is 17.5. The van der Waals surface area contributed by atoms with Gasteiger partial charge in [-0.15, -0.1) is 0 Å². The highest BCUT2D eigenvalue weighted by atomic mass is 16.6. The van der Waals surface area contributed by atoms with Crippen molar-refractivity contribution in [3.05, 3.63) is 59.7 Å². The maximum absolute atomic E-state index is 12.2. The van der Waals surface area contributed by atoms with Crippen LogP contribution in [0.4, 0.5) is 9.59 Å². The van der Waals surface area contributed by atoms with Gasteiger partial charge in [0, 0.05) is 12.5 Å². The summed E-state index contributed by atoms with van der Waals surface area (Å²) in [4.78, 5) is 24.0. The van der Waals surface area contributed by atoms with E-state index in [1.165, 1.54) is 0 Å². The third-order valence-corrected chi connectivity index (χ3v) is 4.78. The summed E-state index contributed by atoms with van der Waals surface area (Å²) in [5, 5.41) is 14.5. The lowest BCUT2D eigenvalue weighted by Gasteiger charge is -2.23. The molecule has 160 valence electrons. The van der Waals surface area contributed by atoms with Crippen molar-refractivity contribution >= 4 is 12.2 Å². The van der Waals surface area contributed by atoms with Crippen LogP contribution in [0.3, 0.4) is 0 Å². The third kappa shape index (κ3) is 5.30. The average Bonchev–Trinajstić information content (AvgIpc) is 3.02. The predicted octanol–water partition coefficient (Wildman–Crippen LogP) is 3.41. The maximum Gasteiger partial charge on any atom is 0.408 e. The molecule has 3 N–H and O–H groups in total. The second-order valence-corrected chi connectivity index (χ2v) is 8.23. The smallest absolute Gasteiger partial charge is 0.408 e. The van der Waals surface area contributed by atoms with E-state index in [-0.39, 0.29) is 25.7 Å². The van der Waals surface area contributed by atoms with Crippen LogP contribution in [0.15, 0.2) is 48.5 Å². The van der Waals surface area contributed by atoms with Crippen LogP contribution >= 0.6 is 0 Å². The number of aliphatic hydroxyl groups excluding tert-OH is 1. The van der Waals surface area contributed by atoms with E-state index >= 15 is 0 Å². The molecular weight excluding hydrogens is 384 g/mol. The molecule has 0 aromatic heterocycles. The number of carbonyl (C=O) groups excluding carboxylic acids is 2. The van der Waals surface area contributed by atoms with Crippen LogP contribution in [0, 0.1) is 0 Å². The highest BCUT2D eigenvalue weighted by Crippen LogP contribution is 2.44. The van der Waals surface area contributed by atoms with Crippen molar-refractivity contribution in [1.82, 2.24) is 10.6 Å². The first-order valence-corrected chi connectivity index (χ1v) is 9.97.